The van der Waals surface area contributed by atoms with Crippen molar-refractivity contribution in [1.82, 2.24) is 15.6 Å². The highest BCUT2D eigenvalue weighted by molar-refractivity contribution is 6.00. The average Bonchev–Trinajstić information content (AvgIpc) is 3.17. The van der Waals surface area contributed by atoms with Crippen LogP contribution < -0.4 is 5.43 Å². The highest BCUT2D eigenvalue weighted by Crippen LogP contribution is 2.60. The summed E-state index contributed by atoms with van der Waals surface area (Å²) in [4.78, 5) is 12.5. The molecule has 1 aromatic heterocycles. The maximum Gasteiger partial charge on any atom is 0.291 e. The number of carbonyl (C=O) groups excluding carboxylic acids is 1. The predicted octanol–water partition coefficient (Wildman–Crippen LogP) is 4.03. The number of hydrogen-bond donors (Lipinski definition) is 2. The van der Waals surface area contributed by atoms with Crippen molar-refractivity contribution in [3.05, 3.63) is 53.3 Å². The summed E-state index contributed by atoms with van der Waals surface area (Å²) in [6.45, 7) is 1.89. The average molecular weight is 362 g/mol. The minimum Gasteiger partial charge on any atom is -0.281 e. The summed E-state index contributed by atoms with van der Waals surface area (Å²) >= 11 is 0. The molecule has 4 aliphatic rings. The first kappa shape index (κ1) is 16.7. The van der Waals surface area contributed by atoms with Crippen LogP contribution in [0.4, 0.5) is 0 Å². The molecule has 0 saturated heterocycles. The lowest BCUT2D eigenvalue weighted by Gasteiger charge is -2.56. The van der Waals surface area contributed by atoms with E-state index in [0.29, 0.717) is 5.69 Å². The fourth-order valence-corrected chi connectivity index (χ4v) is 6.09. The van der Waals surface area contributed by atoms with Crippen LogP contribution in [-0.4, -0.2) is 21.8 Å². The first-order valence-corrected chi connectivity index (χ1v) is 10.1. The number of carbonyl (C=O) groups is 1. The Bertz CT molecular complexity index is 847. The molecule has 0 aliphatic heterocycles. The summed E-state index contributed by atoms with van der Waals surface area (Å²) in [6.07, 6.45) is 8.01. The first-order chi connectivity index (χ1) is 13.1. The molecular weight excluding hydrogens is 336 g/mol. The minimum atomic E-state index is -0.252. The van der Waals surface area contributed by atoms with E-state index in [-0.39, 0.29) is 11.3 Å². The number of nitrogens with one attached hydrogen (secondary N) is 2. The quantitative estimate of drug-likeness (QED) is 0.637. The fourth-order valence-electron chi connectivity index (χ4n) is 6.09. The van der Waals surface area contributed by atoms with Crippen LogP contribution in [0.25, 0.3) is 0 Å². The molecule has 5 nitrogen and oxygen atoms in total. The molecule has 2 aromatic rings. The zero-order valence-electron chi connectivity index (χ0n) is 15.7. The molecule has 1 aromatic carbocycles. The zero-order chi connectivity index (χ0) is 18.4. The van der Waals surface area contributed by atoms with E-state index in [1.807, 2.05) is 43.3 Å². The Kier molecular flexibility index (Phi) is 3.92. The van der Waals surface area contributed by atoms with Gasteiger partial charge >= 0.3 is 0 Å². The Labute approximate surface area is 159 Å². The van der Waals surface area contributed by atoms with Crippen molar-refractivity contribution in [2.45, 2.75) is 50.9 Å². The summed E-state index contributed by atoms with van der Waals surface area (Å²) < 4.78 is 0. The van der Waals surface area contributed by atoms with Gasteiger partial charge in [-0.05, 0) is 74.8 Å². The number of amides is 1. The van der Waals surface area contributed by atoms with Crippen LogP contribution in [0.5, 0.6) is 0 Å². The van der Waals surface area contributed by atoms with Crippen LogP contribution in [0.15, 0.2) is 41.5 Å². The number of aromatic amines is 1. The standard InChI is InChI=1S/C22H26N4O/c1-14(18-5-3-2-4-6-18)23-26-21(27)19-10-20(25-24-19)22-11-15-7-16(12-22)9-17(8-15)13-22/h2-6,10,15-17H,7-9,11-13H2,1H3,(H,24,25)(H,26,27)/b23-14-. The lowest BCUT2D eigenvalue weighted by molar-refractivity contribution is -0.00721. The fraction of sp³-hybridized carbons (Fsp3) is 0.500. The predicted molar refractivity (Wildman–Crippen MR) is 105 cm³/mol. The van der Waals surface area contributed by atoms with Gasteiger partial charge in [-0.3, -0.25) is 9.89 Å². The second kappa shape index (κ2) is 6.32. The highest BCUT2D eigenvalue weighted by atomic mass is 16.2. The summed E-state index contributed by atoms with van der Waals surface area (Å²) in [6, 6.07) is 11.8. The van der Waals surface area contributed by atoms with Crippen molar-refractivity contribution in [2.24, 2.45) is 22.9 Å². The largest absolute Gasteiger partial charge is 0.291 e. The SMILES string of the molecule is C/C(=N/NC(=O)c1cc(C23CC4CC(CC(C4)C2)C3)[nH]n1)c1ccccc1. The minimum absolute atomic E-state index is 0.226. The molecule has 6 rings (SSSR count). The number of benzene rings is 1. The van der Waals surface area contributed by atoms with E-state index in [1.165, 1.54) is 38.5 Å². The zero-order valence-corrected chi connectivity index (χ0v) is 15.7. The van der Waals surface area contributed by atoms with E-state index in [2.05, 4.69) is 20.7 Å². The van der Waals surface area contributed by atoms with Gasteiger partial charge in [0.05, 0.1) is 5.71 Å². The van der Waals surface area contributed by atoms with Crippen molar-refractivity contribution in [1.29, 1.82) is 0 Å². The molecule has 0 atom stereocenters. The molecule has 0 unspecified atom stereocenters. The van der Waals surface area contributed by atoms with E-state index < -0.39 is 0 Å². The molecular formula is C22H26N4O. The van der Waals surface area contributed by atoms with Gasteiger partial charge in [-0.2, -0.15) is 10.2 Å². The number of hydrogen-bond acceptors (Lipinski definition) is 3. The number of rotatable bonds is 4. The lowest BCUT2D eigenvalue weighted by Crippen LogP contribution is -2.48. The van der Waals surface area contributed by atoms with E-state index >= 15 is 0 Å². The Morgan fingerprint density at radius 3 is 2.37 bits per heavy atom. The van der Waals surface area contributed by atoms with Gasteiger partial charge in [0.2, 0.25) is 0 Å². The van der Waals surface area contributed by atoms with Crippen LogP contribution in [0.3, 0.4) is 0 Å². The Balaban J connectivity index is 1.32. The van der Waals surface area contributed by atoms with Gasteiger partial charge in [0.15, 0.2) is 5.69 Å². The van der Waals surface area contributed by atoms with Crippen molar-refractivity contribution >= 4 is 11.6 Å². The molecule has 140 valence electrons. The molecule has 27 heavy (non-hydrogen) atoms. The normalized spacial score (nSPS) is 31.9. The third kappa shape index (κ3) is 2.99. The number of aromatic nitrogens is 2. The van der Waals surface area contributed by atoms with Gasteiger partial charge in [-0.25, -0.2) is 5.43 Å². The van der Waals surface area contributed by atoms with Gasteiger partial charge in [-0.1, -0.05) is 30.3 Å². The maximum absolute atomic E-state index is 12.5. The van der Waals surface area contributed by atoms with Crippen molar-refractivity contribution in [3.63, 3.8) is 0 Å². The van der Waals surface area contributed by atoms with Gasteiger partial charge in [0.1, 0.15) is 0 Å². The molecule has 4 aliphatic carbocycles. The summed E-state index contributed by atoms with van der Waals surface area (Å²) in [5.74, 6) is 2.36. The summed E-state index contributed by atoms with van der Waals surface area (Å²) in [7, 11) is 0. The van der Waals surface area contributed by atoms with Crippen molar-refractivity contribution in [2.75, 3.05) is 0 Å². The highest BCUT2D eigenvalue weighted by Gasteiger charge is 2.52. The van der Waals surface area contributed by atoms with Crippen LogP contribution in [0.1, 0.15) is 67.2 Å². The number of nitrogens with zero attached hydrogens (tertiary/aromatic N) is 2. The Hall–Kier alpha value is -2.43. The summed E-state index contributed by atoms with van der Waals surface area (Å²) in [5.41, 5.74) is 6.25. The number of hydrazone groups is 1. The maximum atomic E-state index is 12.5. The smallest absolute Gasteiger partial charge is 0.281 e. The summed E-state index contributed by atoms with van der Waals surface area (Å²) in [5, 5.41) is 11.8. The molecule has 5 heteroatoms. The molecule has 4 bridgehead atoms. The monoisotopic (exact) mass is 362 g/mol. The molecule has 0 radical (unpaired) electrons. The topological polar surface area (TPSA) is 70.1 Å². The van der Waals surface area contributed by atoms with Crippen molar-refractivity contribution in [3.8, 4) is 0 Å². The molecule has 4 fully saturated rings. The number of H-pyrrole nitrogens is 1. The van der Waals surface area contributed by atoms with Gasteiger partial charge < -0.3 is 0 Å². The van der Waals surface area contributed by atoms with E-state index in [4.69, 9.17) is 0 Å². The lowest BCUT2D eigenvalue weighted by atomic mass is 9.49. The van der Waals surface area contributed by atoms with Crippen LogP contribution in [-0.2, 0) is 5.41 Å². The molecule has 4 saturated carbocycles. The van der Waals surface area contributed by atoms with E-state index in [1.54, 1.807) is 0 Å². The third-order valence-corrected chi connectivity index (χ3v) is 6.94. The molecule has 1 amide bonds. The molecule has 2 N–H and O–H groups in total. The molecule has 0 spiro atoms. The van der Waals surface area contributed by atoms with Crippen molar-refractivity contribution < 1.29 is 4.79 Å². The third-order valence-electron chi connectivity index (χ3n) is 6.94. The van der Waals surface area contributed by atoms with E-state index in [9.17, 15) is 4.79 Å². The first-order valence-electron chi connectivity index (χ1n) is 10.1. The Morgan fingerprint density at radius 2 is 1.74 bits per heavy atom. The van der Waals surface area contributed by atoms with Gasteiger partial charge in [0, 0.05) is 11.1 Å². The Morgan fingerprint density at radius 1 is 1.11 bits per heavy atom. The second-order valence-electron chi connectivity index (χ2n) is 8.87. The second-order valence-corrected chi connectivity index (χ2v) is 8.87. The van der Waals surface area contributed by atoms with Gasteiger partial charge in [0.25, 0.3) is 5.91 Å². The van der Waals surface area contributed by atoms with Crippen LogP contribution in [0.2, 0.25) is 0 Å². The van der Waals surface area contributed by atoms with Crippen LogP contribution >= 0.6 is 0 Å². The van der Waals surface area contributed by atoms with Gasteiger partial charge in [-0.15, -0.1) is 0 Å². The van der Waals surface area contributed by atoms with E-state index in [0.717, 1.165) is 34.7 Å². The molecule has 1 heterocycles. The van der Waals surface area contributed by atoms with Crippen LogP contribution in [0, 0.1) is 17.8 Å².